The zero-order valence-corrected chi connectivity index (χ0v) is 50.6. The second kappa shape index (κ2) is 29.7. The second-order valence-corrected chi connectivity index (χ2v) is 21.0. The normalized spacial score (nSPS) is 11.3. The average molecular weight is 1220 g/mol. The van der Waals surface area contributed by atoms with Crippen LogP contribution in [0.15, 0.2) is 201 Å². The Morgan fingerprint density at radius 1 is 0.425 bits per heavy atom. The molecule has 12 aromatic rings. The van der Waals surface area contributed by atoms with Crippen molar-refractivity contribution in [1.82, 2.24) is 29.9 Å². The molecule has 0 radical (unpaired) electrons. The summed E-state index contributed by atoms with van der Waals surface area (Å²) >= 11 is 17.9. The van der Waals surface area contributed by atoms with Crippen LogP contribution in [0.3, 0.4) is 0 Å². The molecule has 0 aliphatic heterocycles. The third-order valence-corrected chi connectivity index (χ3v) is 14.7. The van der Waals surface area contributed by atoms with Crippen LogP contribution >= 0.6 is 34.8 Å². The highest BCUT2D eigenvalue weighted by molar-refractivity contribution is 6.31. The Labute approximate surface area is 519 Å². The molecule has 3 N–H and O–H groups in total. The van der Waals surface area contributed by atoms with Crippen molar-refractivity contribution in [1.29, 1.82) is 0 Å². The van der Waals surface area contributed by atoms with Crippen LogP contribution in [-0.2, 0) is 31.0 Å². The maximum Gasteiger partial charge on any atom is 0.199 e. The number of carbonyl (C=O) groups is 1. The number of aromatic amines is 3. The number of fused-ring (bicyclic) bond motifs is 3. The first kappa shape index (κ1) is 60.8. The largest absolute Gasteiger partial charge is 0.490 e. The summed E-state index contributed by atoms with van der Waals surface area (Å²) in [5.74, 6) is 3.69. The molecule has 87 heavy (non-hydrogen) atoms. The van der Waals surface area contributed by atoms with Crippen LogP contribution in [0.25, 0.3) is 33.1 Å². The van der Waals surface area contributed by atoms with Gasteiger partial charge in [0, 0.05) is 104 Å². The number of rotatable bonds is 22. The van der Waals surface area contributed by atoms with E-state index in [1.54, 1.807) is 50.1 Å². The van der Waals surface area contributed by atoms with Gasteiger partial charge < -0.3 is 48.1 Å². The molecule has 0 bridgehead atoms. The molecule has 0 amide bonds. The van der Waals surface area contributed by atoms with Gasteiger partial charge in [-0.25, -0.2) is 15.0 Å². The van der Waals surface area contributed by atoms with E-state index >= 15 is 0 Å². The predicted octanol–water partition coefficient (Wildman–Crippen LogP) is 17.1. The van der Waals surface area contributed by atoms with E-state index in [1.165, 1.54) is 5.56 Å². The van der Waals surface area contributed by atoms with Crippen molar-refractivity contribution in [2.24, 2.45) is 0 Å². The van der Waals surface area contributed by atoms with Crippen LogP contribution in [-0.4, -0.2) is 62.6 Å². The van der Waals surface area contributed by atoms with E-state index in [4.69, 9.17) is 68.0 Å². The minimum atomic E-state index is -0.330. The average Bonchev–Trinajstić information content (AvgIpc) is 3.54. The molecular weight excluding hydrogens is 1160 g/mol. The summed E-state index contributed by atoms with van der Waals surface area (Å²) in [6.45, 7) is 8.52. The van der Waals surface area contributed by atoms with Gasteiger partial charge in [0.05, 0.1) is 25.4 Å². The molecule has 0 fully saturated rings. The Morgan fingerprint density at radius 2 is 0.874 bits per heavy atom. The van der Waals surface area contributed by atoms with E-state index in [2.05, 4.69) is 42.0 Å². The van der Waals surface area contributed by atoms with Crippen LogP contribution in [0.1, 0.15) is 81.7 Å². The lowest BCUT2D eigenvalue weighted by molar-refractivity contribution is 0.103. The predicted molar refractivity (Wildman–Crippen MR) is 344 cm³/mol. The monoisotopic (exact) mass is 1220 g/mol. The van der Waals surface area contributed by atoms with Crippen molar-refractivity contribution in [3.8, 4) is 34.5 Å². The number of ether oxygens (including phenoxy) is 7. The van der Waals surface area contributed by atoms with Gasteiger partial charge in [0.2, 0.25) is 0 Å². The molecule has 0 aliphatic carbocycles. The molecular formula is C70H63Cl3N6O8. The minimum Gasteiger partial charge on any atom is -0.490 e. The van der Waals surface area contributed by atoms with Crippen molar-refractivity contribution >= 4 is 73.7 Å². The first-order valence-electron chi connectivity index (χ1n) is 28.3. The Bertz CT molecular complexity index is 4210. The maximum absolute atomic E-state index is 13.3. The van der Waals surface area contributed by atoms with E-state index < -0.39 is 0 Å². The van der Waals surface area contributed by atoms with Gasteiger partial charge in [-0.1, -0.05) is 102 Å². The number of pyridine rings is 3. The van der Waals surface area contributed by atoms with Gasteiger partial charge in [0.1, 0.15) is 42.9 Å². The zero-order chi connectivity index (χ0) is 60.5. The third kappa shape index (κ3) is 15.0. The molecule has 0 spiro atoms. The molecule has 0 saturated heterocycles. The SMILES string of the molecule is CCOc1c(Cc2c[nH]c3ncccc23)cccc1OCc1ccc(Cl)cc1.CCOc1c(OCc2ccc(Cl)cc2)cccc1C(=O)c1c[nH]c2ncccc12.CCOc1c(OCc2ccc(Cl)cc2)cccc1C(OC)c1c[nH]c2ncccc12. The summed E-state index contributed by atoms with van der Waals surface area (Å²) in [7, 11) is 1.69. The topological polar surface area (TPSA) is 168 Å². The number of aromatic nitrogens is 6. The van der Waals surface area contributed by atoms with Gasteiger partial charge >= 0.3 is 0 Å². The van der Waals surface area contributed by atoms with Gasteiger partial charge in [-0.05, 0) is 140 Å². The number of halogens is 3. The first-order chi connectivity index (χ1) is 42.6. The van der Waals surface area contributed by atoms with Gasteiger partial charge in [-0.3, -0.25) is 4.79 Å². The summed E-state index contributed by atoms with van der Waals surface area (Å²) in [6, 6.07) is 51.6. The molecule has 1 unspecified atom stereocenters. The Balaban J connectivity index is 0.000000145. The third-order valence-electron chi connectivity index (χ3n) is 14.0. The van der Waals surface area contributed by atoms with E-state index in [1.807, 2.05) is 167 Å². The number of nitrogens with zero attached hydrogens (tertiary/aromatic N) is 3. The summed E-state index contributed by atoms with van der Waals surface area (Å²) in [6.07, 6.45) is 11.3. The van der Waals surface area contributed by atoms with E-state index in [-0.39, 0.29) is 11.9 Å². The minimum absolute atomic E-state index is 0.148. The Hall–Kier alpha value is -9.31. The quantitative estimate of drug-likeness (QED) is 0.0553. The fourth-order valence-corrected chi connectivity index (χ4v) is 10.2. The van der Waals surface area contributed by atoms with E-state index in [0.717, 1.165) is 78.8 Å². The van der Waals surface area contributed by atoms with Crippen molar-refractivity contribution in [2.75, 3.05) is 26.9 Å². The van der Waals surface area contributed by atoms with Crippen molar-refractivity contribution < 1.29 is 38.0 Å². The Morgan fingerprint density at radius 3 is 1.44 bits per heavy atom. The van der Waals surface area contributed by atoms with E-state index in [0.29, 0.717) is 94.5 Å². The highest BCUT2D eigenvalue weighted by Gasteiger charge is 2.25. The molecule has 0 aliphatic rings. The Kier molecular flexibility index (Phi) is 20.7. The smallest absolute Gasteiger partial charge is 0.199 e. The molecule has 12 rings (SSSR count). The number of nitrogens with one attached hydrogen (secondary N) is 3. The number of hydrogen-bond donors (Lipinski definition) is 3. The second-order valence-electron chi connectivity index (χ2n) is 19.7. The number of benzene rings is 6. The lowest BCUT2D eigenvalue weighted by atomic mass is 10.00. The number of methoxy groups -OCH3 is 1. The molecule has 17 heteroatoms. The number of hydrogen-bond acceptors (Lipinski definition) is 11. The van der Waals surface area contributed by atoms with Gasteiger partial charge in [-0.15, -0.1) is 0 Å². The summed E-state index contributed by atoms with van der Waals surface area (Å²) in [5.41, 5.74) is 10.6. The molecule has 442 valence electrons. The van der Waals surface area contributed by atoms with Crippen molar-refractivity contribution in [3.63, 3.8) is 0 Å². The number of ketones is 1. The molecule has 6 heterocycles. The number of para-hydroxylation sites is 3. The van der Waals surface area contributed by atoms with Crippen LogP contribution in [0.5, 0.6) is 34.5 Å². The number of carbonyl (C=O) groups excluding carboxylic acids is 1. The molecule has 1 atom stereocenters. The summed E-state index contributed by atoms with van der Waals surface area (Å²) in [4.78, 5) is 35.8. The van der Waals surface area contributed by atoms with Gasteiger partial charge in [0.25, 0.3) is 0 Å². The molecule has 0 saturated carbocycles. The molecule has 14 nitrogen and oxygen atoms in total. The summed E-state index contributed by atoms with van der Waals surface area (Å²) in [5, 5.41) is 5.00. The van der Waals surface area contributed by atoms with Crippen LogP contribution < -0.4 is 28.4 Å². The van der Waals surface area contributed by atoms with Crippen molar-refractivity contribution in [3.05, 3.63) is 266 Å². The highest BCUT2D eigenvalue weighted by atomic mass is 35.5. The van der Waals surface area contributed by atoms with Crippen LogP contribution in [0.2, 0.25) is 15.1 Å². The standard InChI is InChI=1S/C24H23ClN2O3.C23H19ClN2O3.C23H21ClN2O2/c1-3-29-23-19(22(28-2)20-14-27-24-18(20)7-5-13-26-24)6-4-8-21(23)30-15-16-9-11-17(25)12-10-16;1-2-28-22-18(21(27)19-13-26-23-17(19)6-4-12-25-23)5-3-7-20(22)29-14-15-8-10-16(24)11-9-15;1-2-27-22-17(13-18-14-26-23-20(18)6-4-12-25-23)5-3-7-21(22)28-15-16-8-10-19(24)11-9-16/h4-14,22H,3,15H2,1-2H3,(H,26,27);3-13H,2,14H2,1H3,(H,25,26);3-12,14H,2,13,15H2,1H3,(H,25,26). The van der Waals surface area contributed by atoms with Crippen molar-refractivity contribution in [2.45, 2.75) is 53.1 Å². The van der Waals surface area contributed by atoms with Crippen LogP contribution in [0.4, 0.5) is 0 Å². The van der Waals surface area contributed by atoms with Gasteiger partial charge in [-0.2, -0.15) is 0 Å². The van der Waals surface area contributed by atoms with Gasteiger partial charge in [0.15, 0.2) is 40.3 Å². The zero-order valence-electron chi connectivity index (χ0n) is 48.3. The number of H-pyrrole nitrogens is 3. The molecule has 6 aromatic carbocycles. The summed E-state index contributed by atoms with van der Waals surface area (Å²) < 4.78 is 41.9. The lowest BCUT2D eigenvalue weighted by Gasteiger charge is -2.21. The van der Waals surface area contributed by atoms with E-state index in [9.17, 15) is 4.79 Å². The highest BCUT2D eigenvalue weighted by Crippen LogP contribution is 2.42. The fourth-order valence-electron chi connectivity index (χ4n) is 9.87. The van der Waals surface area contributed by atoms with Crippen LogP contribution in [0, 0.1) is 0 Å². The lowest BCUT2D eigenvalue weighted by Crippen LogP contribution is -2.08. The molecule has 6 aromatic heterocycles. The maximum atomic E-state index is 13.3. The first-order valence-corrected chi connectivity index (χ1v) is 29.5. The fraction of sp³-hybridized carbons (Fsp3) is 0.171.